The summed E-state index contributed by atoms with van der Waals surface area (Å²) in [5, 5.41) is 0.675. The largest absolute Gasteiger partial charge is 0.320 e. The number of rotatable bonds is 2. The summed E-state index contributed by atoms with van der Waals surface area (Å²) >= 11 is 6.05. The molecule has 2 N–H and O–H groups in total. The van der Waals surface area contributed by atoms with Gasteiger partial charge in [0.1, 0.15) is 5.82 Å². The third-order valence-corrected chi connectivity index (χ3v) is 3.17. The molecule has 2 aromatic rings. The van der Waals surface area contributed by atoms with Crippen molar-refractivity contribution in [2.24, 2.45) is 5.73 Å². The highest BCUT2D eigenvalue weighted by atomic mass is 35.5. The van der Waals surface area contributed by atoms with Crippen molar-refractivity contribution in [2.45, 2.75) is 13.0 Å². The van der Waals surface area contributed by atoms with Gasteiger partial charge in [-0.25, -0.2) is 4.39 Å². The van der Waals surface area contributed by atoms with E-state index < -0.39 is 0 Å². The van der Waals surface area contributed by atoms with Gasteiger partial charge in [0, 0.05) is 5.02 Å². The Bertz CT molecular complexity index is 539. The zero-order valence-electron chi connectivity index (χ0n) is 9.45. The lowest BCUT2D eigenvalue weighted by Crippen LogP contribution is -2.12. The summed E-state index contributed by atoms with van der Waals surface area (Å²) in [4.78, 5) is 0. The highest BCUT2D eigenvalue weighted by molar-refractivity contribution is 6.31. The van der Waals surface area contributed by atoms with Gasteiger partial charge in [0.2, 0.25) is 0 Å². The highest BCUT2D eigenvalue weighted by Crippen LogP contribution is 2.24. The normalized spacial score (nSPS) is 12.5. The van der Waals surface area contributed by atoms with Crippen LogP contribution in [0.1, 0.15) is 22.7 Å². The molecule has 1 nitrogen and oxygen atoms in total. The Morgan fingerprint density at radius 3 is 2.47 bits per heavy atom. The van der Waals surface area contributed by atoms with Crippen LogP contribution in [0, 0.1) is 12.7 Å². The highest BCUT2D eigenvalue weighted by Gasteiger charge is 2.10. The lowest BCUT2D eigenvalue weighted by molar-refractivity contribution is 0.623. The van der Waals surface area contributed by atoms with Crippen LogP contribution in [0.4, 0.5) is 4.39 Å². The zero-order valence-corrected chi connectivity index (χ0v) is 10.2. The van der Waals surface area contributed by atoms with Crippen molar-refractivity contribution < 1.29 is 4.39 Å². The van der Waals surface area contributed by atoms with Crippen LogP contribution >= 0.6 is 11.6 Å². The third-order valence-electron chi connectivity index (χ3n) is 2.76. The van der Waals surface area contributed by atoms with Gasteiger partial charge in [0.15, 0.2) is 0 Å². The maximum absolute atomic E-state index is 13.1. The van der Waals surface area contributed by atoms with Crippen LogP contribution in [-0.4, -0.2) is 0 Å². The minimum Gasteiger partial charge on any atom is -0.320 e. The molecule has 0 aliphatic carbocycles. The second kappa shape index (κ2) is 4.86. The molecule has 0 aromatic heterocycles. The number of halogens is 2. The Kier molecular flexibility index (Phi) is 3.46. The molecule has 1 atom stereocenters. The molecular weight excluding hydrogens is 237 g/mol. The molecule has 0 saturated carbocycles. The SMILES string of the molecule is Cc1ccc(C(N)c2cccc(F)c2)cc1Cl. The van der Waals surface area contributed by atoms with Crippen molar-refractivity contribution in [1.29, 1.82) is 0 Å². The third kappa shape index (κ3) is 2.65. The van der Waals surface area contributed by atoms with Gasteiger partial charge < -0.3 is 5.73 Å². The molecule has 0 amide bonds. The number of benzene rings is 2. The summed E-state index contributed by atoms with van der Waals surface area (Å²) in [5.41, 5.74) is 8.70. The molecule has 17 heavy (non-hydrogen) atoms. The number of nitrogens with two attached hydrogens (primary N) is 1. The van der Waals surface area contributed by atoms with E-state index in [2.05, 4.69) is 0 Å². The minimum atomic E-state index is -0.358. The van der Waals surface area contributed by atoms with Gasteiger partial charge in [-0.1, -0.05) is 35.9 Å². The number of aryl methyl sites for hydroxylation is 1. The predicted molar refractivity (Wildman–Crippen MR) is 68.6 cm³/mol. The molecule has 0 bridgehead atoms. The number of hydrogen-bond acceptors (Lipinski definition) is 1. The quantitative estimate of drug-likeness (QED) is 0.860. The molecule has 3 heteroatoms. The molecule has 0 aliphatic heterocycles. The van der Waals surface area contributed by atoms with E-state index in [9.17, 15) is 4.39 Å². The summed E-state index contributed by atoms with van der Waals surface area (Å²) in [7, 11) is 0. The first kappa shape index (κ1) is 12.1. The minimum absolute atomic E-state index is 0.281. The van der Waals surface area contributed by atoms with Gasteiger partial charge in [-0.2, -0.15) is 0 Å². The van der Waals surface area contributed by atoms with Gasteiger partial charge in [-0.05, 0) is 41.8 Å². The van der Waals surface area contributed by atoms with Crippen LogP contribution in [0.3, 0.4) is 0 Å². The first-order valence-electron chi connectivity index (χ1n) is 5.35. The van der Waals surface area contributed by atoms with E-state index in [0.29, 0.717) is 5.02 Å². The van der Waals surface area contributed by atoms with Gasteiger partial charge in [-0.3, -0.25) is 0 Å². The van der Waals surface area contributed by atoms with Gasteiger partial charge in [0.05, 0.1) is 6.04 Å². The van der Waals surface area contributed by atoms with Crippen LogP contribution in [0.25, 0.3) is 0 Å². The fourth-order valence-electron chi connectivity index (χ4n) is 1.70. The molecule has 88 valence electrons. The van der Waals surface area contributed by atoms with Crippen molar-refractivity contribution in [2.75, 3.05) is 0 Å². The topological polar surface area (TPSA) is 26.0 Å². The first-order chi connectivity index (χ1) is 8.08. The molecular formula is C14H13ClFN. The van der Waals surface area contributed by atoms with E-state index in [-0.39, 0.29) is 11.9 Å². The molecule has 2 aromatic carbocycles. The van der Waals surface area contributed by atoms with Gasteiger partial charge >= 0.3 is 0 Å². The fourth-order valence-corrected chi connectivity index (χ4v) is 1.88. The van der Waals surface area contributed by atoms with Crippen LogP contribution in [0.15, 0.2) is 42.5 Å². The van der Waals surface area contributed by atoms with E-state index in [0.717, 1.165) is 16.7 Å². The second-order valence-corrected chi connectivity index (χ2v) is 4.45. The molecule has 0 fully saturated rings. The summed E-state index contributed by atoms with van der Waals surface area (Å²) < 4.78 is 13.1. The molecule has 0 spiro atoms. The van der Waals surface area contributed by atoms with Gasteiger partial charge in [0.25, 0.3) is 0 Å². The Morgan fingerprint density at radius 1 is 1.12 bits per heavy atom. The zero-order chi connectivity index (χ0) is 12.4. The summed E-state index contributed by atoms with van der Waals surface area (Å²) in [6, 6.07) is 11.6. The van der Waals surface area contributed by atoms with Crippen molar-refractivity contribution >= 4 is 11.6 Å². The second-order valence-electron chi connectivity index (χ2n) is 4.04. The van der Waals surface area contributed by atoms with Crippen molar-refractivity contribution in [3.05, 3.63) is 70.0 Å². The molecule has 0 saturated heterocycles. The van der Waals surface area contributed by atoms with Crippen molar-refractivity contribution in [1.82, 2.24) is 0 Å². The average Bonchev–Trinajstić information content (AvgIpc) is 2.32. The Balaban J connectivity index is 2.36. The number of hydrogen-bond donors (Lipinski definition) is 1. The van der Waals surface area contributed by atoms with Crippen LogP contribution < -0.4 is 5.73 Å². The maximum Gasteiger partial charge on any atom is 0.123 e. The maximum atomic E-state index is 13.1. The predicted octanol–water partition coefficient (Wildman–Crippen LogP) is 3.84. The van der Waals surface area contributed by atoms with E-state index in [1.807, 2.05) is 31.2 Å². The van der Waals surface area contributed by atoms with E-state index >= 15 is 0 Å². The molecule has 1 unspecified atom stereocenters. The summed E-state index contributed by atoms with van der Waals surface area (Å²) in [5.74, 6) is -0.281. The molecule has 0 heterocycles. The van der Waals surface area contributed by atoms with E-state index in [1.165, 1.54) is 12.1 Å². The lowest BCUT2D eigenvalue weighted by Gasteiger charge is -2.13. The Hall–Kier alpha value is -1.38. The van der Waals surface area contributed by atoms with Crippen LogP contribution in [-0.2, 0) is 0 Å². The molecule has 2 rings (SSSR count). The Morgan fingerprint density at radius 2 is 1.82 bits per heavy atom. The average molecular weight is 250 g/mol. The van der Waals surface area contributed by atoms with E-state index in [1.54, 1.807) is 6.07 Å². The van der Waals surface area contributed by atoms with Crippen LogP contribution in [0.5, 0.6) is 0 Å². The molecule has 0 radical (unpaired) electrons. The summed E-state index contributed by atoms with van der Waals surface area (Å²) in [6.07, 6.45) is 0. The monoisotopic (exact) mass is 249 g/mol. The van der Waals surface area contributed by atoms with Crippen molar-refractivity contribution in [3.63, 3.8) is 0 Å². The fraction of sp³-hybridized carbons (Fsp3) is 0.143. The van der Waals surface area contributed by atoms with E-state index in [4.69, 9.17) is 17.3 Å². The molecule has 0 aliphatic rings. The Labute approximate surface area is 105 Å². The lowest BCUT2D eigenvalue weighted by atomic mass is 9.99. The standard InChI is InChI=1S/C14H13ClFN/c1-9-5-6-11(8-13(9)15)14(17)10-3-2-4-12(16)7-10/h2-8,14H,17H2,1H3. The van der Waals surface area contributed by atoms with Crippen LogP contribution in [0.2, 0.25) is 5.02 Å². The summed E-state index contributed by atoms with van der Waals surface area (Å²) in [6.45, 7) is 1.93. The van der Waals surface area contributed by atoms with Crippen molar-refractivity contribution in [3.8, 4) is 0 Å². The smallest absolute Gasteiger partial charge is 0.123 e. The first-order valence-corrected chi connectivity index (χ1v) is 5.73. The van der Waals surface area contributed by atoms with Gasteiger partial charge in [-0.15, -0.1) is 0 Å².